The fraction of sp³-hybridized carbons (Fsp3) is 0.556. The third-order valence-electron chi connectivity index (χ3n) is 16.0. The number of phenols is 1. The Hall–Kier alpha value is -6.58. The largest absolute Gasteiger partial charge is 0.507 e. The SMILES string of the molecule is C#Cc1cnc(CNC(=O)[C@@H]2C[C@@H](O)CN2C(=O)[C@@H](NC(=O)C2CCC3(CC2)CC(N2CCC(c4cnc(N5CCN(c6cc(-c7ccccc7O)nnc6NC)CC5)nc4)CC2)C3)C(C)(C)C)c(OC)c1. The predicted octanol–water partition coefficient (Wildman–Crippen LogP) is 4.72. The van der Waals surface area contributed by atoms with Crippen molar-refractivity contribution in [3.05, 3.63) is 71.8 Å². The summed E-state index contributed by atoms with van der Waals surface area (Å²) in [6, 6.07) is 9.61. The maximum atomic E-state index is 14.3. The number of aromatic hydroxyl groups is 1. The zero-order valence-corrected chi connectivity index (χ0v) is 42.3. The summed E-state index contributed by atoms with van der Waals surface area (Å²) >= 11 is 0. The van der Waals surface area contributed by atoms with Crippen LogP contribution in [0.3, 0.4) is 0 Å². The van der Waals surface area contributed by atoms with Gasteiger partial charge in [-0.2, -0.15) is 0 Å². The second-order valence-corrected chi connectivity index (χ2v) is 21.6. The number of β-amino-alcohol motifs (C(OH)–C–C–N with tert-alkyl or cyclic N) is 1. The molecular weight excluding hydrogens is 913 g/mol. The lowest BCUT2D eigenvalue weighted by Gasteiger charge is -2.55. The van der Waals surface area contributed by atoms with Crippen molar-refractivity contribution >= 4 is 35.2 Å². The number of carbonyl (C=O) groups is 3. The molecule has 0 unspecified atom stereocenters. The number of ether oxygens (including phenoxy) is 1. The summed E-state index contributed by atoms with van der Waals surface area (Å²) in [7, 11) is 3.34. The van der Waals surface area contributed by atoms with Crippen molar-refractivity contribution in [1.29, 1.82) is 0 Å². The molecule has 0 radical (unpaired) electrons. The van der Waals surface area contributed by atoms with E-state index in [-0.39, 0.29) is 48.4 Å². The number of hydrogen-bond acceptors (Lipinski definition) is 15. The lowest BCUT2D eigenvalue weighted by Crippen LogP contribution is -2.59. The van der Waals surface area contributed by atoms with E-state index in [0.29, 0.717) is 46.0 Å². The quantitative estimate of drug-likeness (QED) is 0.115. The van der Waals surface area contributed by atoms with Crippen LogP contribution in [0.1, 0.15) is 101 Å². The number of carbonyl (C=O) groups excluding carboxylic acids is 3. The molecule has 382 valence electrons. The number of methoxy groups -OCH3 is 1. The Morgan fingerprint density at radius 2 is 1.61 bits per heavy atom. The zero-order valence-electron chi connectivity index (χ0n) is 42.3. The lowest BCUT2D eigenvalue weighted by atomic mass is 9.56. The van der Waals surface area contributed by atoms with Crippen LogP contribution in [0, 0.1) is 29.1 Å². The summed E-state index contributed by atoms with van der Waals surface area (Å²) in [5.74, 6) is 3.91. The minimum absolute atomic E-state index is 0.000864. The van der Waals surface area contributed by atoms with E-state index in [1.807, 2.05) is 58.4 Å². The number of pyridine rings is 1. The highest BCUT2D eigenvalue weighted by Gasteiger charge is 2.50. The number of amides is 3. The van der Waals surface area contributed by atoms with Gasteiger partial charge in [0, 0.05) is 87.9 Å². The molecule has 5 N–H and O–H groups in total. The monoisotopic (exact) mass is 983 g/mol. The van der Waals surface area contributed by atoms with Gasteiger partial charge in [0.2, 0.25) is 23.7 Å². The van der Waals surface area contributed by atoms with Crippen LogP contribution < -0.4 is 30.5 Å². The summed E-state index contributed by atoms with van der Waals surface area (Å²) < 4.78 is 5.42. The van der Waals surface area contributed by atoms with Crippen LogP contribution in [0.25, 0.3) is 11.3 Å². The van der Waals surface area contributed by atoms with Crippen molar-refractivity contribution in [2.24, 2.45) is 16.7 Å². The van der Waals surface area contributed by atoms with Gasteiger partial charge in [-0.25, -0.2) is 9.97 Å². The molecule has 3 amide bonds. The van der Waals surface area contributed by atoms with Crippen LogP contribution in [0.5, 0.6) is 11.5 Å². The Morgan fingerprint density at radius 3 is 2.26 bits per heavy atom. The van der Waals surface area contributed by atoms with Crippen molar-refractivity contribution in [3.8, 4) is 35.1 Å². The smallest absolute Gasteiger partial charge is 0.246 e. The highest BCUT2D eigenvalue weighted by Crippen LogP contribution is 2.55. The third-order valence-corrected chi connectivity index (χ3v) is 16.0. The second kappa shape index (κ2) is 21.3. The molecule has 72 heavy (non-hydrogen) atoms. The number of piperidine rings is 1. The van der Waals surface area contributed by atoms with Crippen molar-refractivity contribution in [2.75, 3.05) is 75.1 Å². The molecule has 9 rings (SSSR count). The second-order valence-electron chi connectivity index (χ2n) is 21.6. The number of aliphatic hydroxyl groups excluding tert-OH is 1. The normalized spacial score (nSPS) is 24.3. The number of phenolic OH excluding ortho intramolecular Hbond substituents is 1. The van der Waals surface area contributed by atoms with Gasteiger partial charge >= 0.3 is 0 Å². The molecule has 0 bridgehead atoms. The molecule has 5 aliphatic rings. The molecule has 3 aliphatic heterocycles. The van der Waals surface area contributed by atoms with Crippen molar-refractivity contribution in [1.82, 2.24) is 45.6 Å². The number of likely N-dealkylation sites (tertiary alicyclic amines) is 2. The lowest BCUT2D eigenvalue weighted by molar-refractivity contribution is -0.145. The maximum absolute atomic E-state index is 14.3. The number of para-hydroxylation sites is 1. The first-order valence-corrected chi connectivity index (χ1v) is 25.6. The molecule has 1 spiro atoms. The van der Waals surface area contributed by atoms with Crippen LogP contribution >= 0.6 is 0 Å². The third kappa shape index (κ3) is 10.8. The molecule has 3 aromatic heterocycles. The van der Waals surface area contributed by atoms with Crippen LogP contribution in [0.4, 0.5) is 17.5 Å². The van der Waals surface area contributed by atoms with E-state index >= 15 is 0 Å². The Labute approximate surface area is 422 Å². The van der Waals surface area contributed by atoms with Gasteiger partial charge in [0.15, 0.2) is 5.82 Å². The highest BCUT2D eigenvalue weighted by molar-refractivity contribution is 5.93. The van der Waals surface area contributed by atoms with Crippen molar-refractivity contribution in [2.45, 2.75) is 115 Å². The Balaban J connectivity index is 0.714. The van der Waals surface area contributed by atoms with E-state index in [4.69, 9.17) is 21.1 Å². The summed E-state index contributed by atoms with van der Waals surface area (Å²) in [4.78, 5) is 64.5. The maximum Gasteiger partial charge on any atom is 0.246 e. The number of nitrogens with zero attached hydrogens (tertiary/aromatic N) is 9. The number of piperazine rings is 1. The predicted molar refractivity (Wildman–Crippen MR) is 274 cm³/mol. The van der Waals surface area contributed by atoms with E-state index in [0.717, 1.165) is 102 Å². The zero-order chi connectivity index (χ0) is 50.7. The van der Waals surface area contributed by atoms with Crippen molar-refractivity contribution in [3.63, 3.8) is 0 Å². The first-order chi connectivity index (χ1) is 34.6. The van der Waals surface area contributed by atoms with Gasteiger partial charge in [-0.05, 0) is 111 Å². The van der Waals surface area contributed by atoms with Crippen LogP contribution in [0.2, 0.25) is 0 Å². The molecule has 18 heteroatoms. The average molecular weight is 983 g/mol. The molecule has 3 saturated heterocycles. The van der Waals surface area contributed by atoms with Crippen LogP contribution in [-0.4, -0.2) is 147 Å². The number of aliphatic hydroxyl groups is 1. The van der Waals surface area contributed by atoms with Gasteiger partial charge < -0.3 is 50.5 Å². The summed E-state index contributed by atoms with van der Waals surface area (Å²) in [5, 5.41) is 39.1. The first kappa shape index (κ1) is 50.4. The van der Waals surface area contributed by atoms with Gasteiger partial charge in [0.05, 0.1) is 31.1 Å². The fourth-order valence-electron chi connectivity index (χ4n) is 11.7. The molecule has 3 atom stereocenters. The number of benzene rings is 1. The number of hydrogen-bond donors (Lipinski definition) is 5. The summed E-state index contributed by atoms with van der Waals surface area (Å²) in [6.07, 6.45) is 18.3. The molecule has 4 aromatic rings. The number of rotatable bonds is 13. The van der Waals surface area contributed by atoms with E-state index in [2.05, 4.69) is 51.8 Å². The number of nitrogens with one attached hydrogen (secondary N) is 3. The highest BCUT2D eigenvalue weighted by atomic mass is 16.5. The summed E-state index contributed by atoms with van der Waals surface area (Å²) in [5.41, 5.74) is 4.08. The van der Waals surface area contributed by atoms with Crippen molar-refractivity contribution < 1.29 is 29.3 Å². The van der Waals surface area contributed by atoms with Gasteiger partial charge in [0.1, 0.15) is 29.3 Å². The van der Waals surface area contributed by atoms with Crippen LogP contribution in [0.15, 0.2) is 55.0 Å². The Kier molecular flexibility index (Phi) is 14.9. The molecule has 5 fully saturated rings. The number of aromatic nitrogens is 5. The number of anilines is 3. The van der Waals surface area contributed by atoms with E-state index < -0.39 is 29.5 Å². The van der Waals surface area contributed by atoms with Gasteiger partial charge in [0.25, 0.3) is 0 Å². The average Bonchev–Trinajstić information content (AvgIpc) is 3.79. The van der Waals surface area contributed by atoms with Gasteiger partial charge in [-0.1, -0.05) is 38.8 Å². The Bertz CT molecular complexity index is 2620. The van der Waals surface area contributed by atoms with Gasteiger partial charge in [-0.15, -0.1) is 16.6 Å². The Morgan fingerprint density at radius 1 is 0.917 bits per heavy atom. The molecular formula is C54H70N12O6. The molecule has 6 heterocycles. The minimum Gasteiger partial charge on any atom is -0.507 e. The fourth-order valence-corrected chi connectivity index (χ4v) is 11.7. The standard InChI is InChI=1S/C54H70N12O6/c1-7-34-24-46(72-6)42(56-29-34)32-57-50(70)44-25-39(67)33-66(44)51(71)47(53(2,3)4)60-49(69)36-12-16-54(17-13-36)27-38(28-54)63-18-14-35(15-19-63)37-30-58-52(59-31-37)65-22-20-64(21-23-65)43-26-41(61-62-48(43)55-5)40-10-8-9-11-45(40)68/h1,8-11,24,26,29-31,35-36,38-39,44,47,67-68H,12-23,25,27-28,32-33H2,2-6H3,(H,55,62)(H,57,70)(H,60,69)/t36?,38?,39-,44+,47-,54?/m1/s1. The van der Waals surface area contributed by atoms with E-state index in [9.17, 15) is 24.6 Å². The topological polar surface area (TPSA) is 214 Å². The number of terminal acetylenes is 1. The van der Waals surface area contributed by atoms with Gasteiger partial charge in [-0.3, -0.25) is 19.4 Å². The molecule has 1 aromatic carbocycles. The molecule has 2 aliphatic carbocycles. The molecule has 2 saturated carbocycles. The van der Waals surface area contributed by atoms with Crippen LogP contribution in [-0.2, 0) is 20.9 Å². The minimum atomic E-state index is -0.906. The van der Waals surface area contributed by atoms with E-state index in [1.165, 1.54) is 23.8 Å². The van der Waals surface area contributed by atoms with E-state index in [1.54, 1.807) is 18.2 Å². The first-order valence-electron chi connectivity index (χ1n) is 25.6. The molecule has 18 nitrogen and oxygen atoms in total. The summed E-state index contributed by atoms with van der Waals surface area (Å²) in [6.45, 7) is 11.0.